The Morgan fingerprint density at radius 1 is 1.44 bits per heavy atom. The van der Waals surface area contributed by atoms with Crippen molar-refractivity contribution in [3.05, 3.63) is 0 Å². The van der Waals surface area contributed by atoms with E-state index in [1.807, 2.05) is 0 Å². The van der Waals surface area contributed by atoms with Crippen LogP contribution < -0.4 is 0 Å². The predicted molar refractivity (Wildman–Crippen MR) is 33.8 cm³/mol. The van der Waals surface area contributed by atoms with Gasteiger partial charge in [-0.3, -0.25) is 0 Å². The highest BCUT2D eigenvalue weighted by atomic mass is 35.6. The number of halogens is 3. The molecule has 0 aliphatic carbocycles. The molecule has 0 aromatic rings. The number of hydrogen-bond acceptors (Lipinski definition) is 3. The highest BCUT2D eigenvalue weighted by molar-refractivity contribution is 6.66. The molecule has 0 unspecified atom stereocenters. The van der Waals surface area contributed by atoms with Gasteiger partial charge in [0.2, 0.25) is 0 Å². The van der Waals surface area contributed by atoms with Gasteiger partial charge in [-0.1, -0.05) is 0 Å². The third-order valence-electron chi connectivity index (χ3n) is 0.366. The fraction of sp³-hybridized carbons (Fsp3) is 0.667. The molecule has 0 aromatic carbocycles. The largest absolute Gasteiger partial charge is 0.511 e. The van der Waals surface area contributed by atoms with Crippen LogP contribution in [0.4, 0.5) is 4.79 Å². The third kappa shape index (κ3) is 6.02. The smallest absolute Gasteiger partial charge is 0.438 e. The lowest BCUT2D eigenvalue weighted by molar-refractivity contribution is 0.0704. The number of alkyl halides is 3. The number of rotatable bonds is 0. The monoisotopic (exact) mass is 192 g/mol. The van der Waals surface area contributed by atoms with E-state index < -0.39 is 10.1 Å². The molecule has 0 saturated carbocycles. The van der Waals surface area contributed by atoms with Crippen molar-refractivity contribution < 1.29 is 14.3 Å². The van der Waals surface area contributed by atoms with E-state index in [2.05, 4.69) is 9.47 Å². The second-order valence-electron chi connectivity index (χ2n) is 1.00. The SMILES string of the molecule is COC(=O)OC(Cl)(Cl)Cl. The second kappa shape index (κ2) is 3.34. The minimum absolute atomic E-state index is 1.03. The molecule has 0 N–H and O–H groups in total. The Balaban J connectivity index is 3.60. The number of carbonyl (C=O) groups is 1. The van der Waals surface area contributed by atoms with Crippen molar-refractivity contribution >= 4 is 41.0 Å². The normalized spacial score (nSPS) is 10.7. The van der Waals surface area contributed by atoms with Crippen LogP contribution >= 0.6 is 34.8 Å². The molecule has 0 atom stereocenters. The average Bonchev–Trinajstić information content (AvgIpc) is 1.62. The van der Waals surface area contributed by atoms with Crippen molar-refractivity contribution in [1.29, 1.82) is 0 Å². The predicted octanol–water partition coefficient (Wildman–Crippen LogP) is 2.10. The Kier molecular flexibility index (Phi) is 3.40. The van der Waals surface area contributed by atoms with Gasteiger partial charge in [-0.2, -0.15) is 0 Å². The van der Waals surface area contributed by atoms with E-state index in [1.54, 1.807) is 0 Å². The fourth-order valence-electron chi connectivity index (χ4n) is 0.136. The molecule has 9 heavy (non-hydrogen) atoms. The van der Waals surface area contributed by atoms with E-state index >= 15 is 0 Å². The van der Waals surface area contributed by atoms with Gasteiger partial charge in [-0.05, 0) is 34.8 Å². The summed E-state index contributed by atoms with van der Waals surface area (Å²) in [4.78, 5) is 10.1. The van der Waals surface area contributed by atoms with Crippen molar-refractivity contribution in [1.82, 2.24) is 0 Å². The van der Waals surface area contributed by atoms with Gasteiger partial charge in [0.1, 0.15) is 0 Å². The molecule has 0 aliphatic rings. The van der Waals surface area contributed by atoms with Crippen molar-refractivity contribution in [2.45, 2.75) is 3.98 Å². The summed E-state index contributed by atoms with van der Waals surface area (Å²) in [7, 11) is 1.11. The topological polar surface area (TPSA) is 35.5 Å². The molecule has 3 nitrogen and oxygen atoms in total. The molecule has 0 aromatic heterocycles. The molecule has 0 radical (unpaired) electrons. The van der Waals surface area contributed by atoms with E-state index in [1.165, 1.54) is 0 Å². The molecular weight excluding hydrogens is 190 g/mol. The Morgan fingerprint density at radius 3 is 2.00 bits per heavy atom. The maximum Gasteiger partial charge on any atom is 0.511 e. The van der Waals surface area contributed by atoms with Crippen LogP contribution in [-0.4, -0.2) is 17.2 Å². The highest BCUT2D eigenvalue weighted by Crippen LogP contribution is 2.27. The molecule has 0 amide bonds. The fourth-order valence-corrected chi connectivity index (χ4v) is 0.325. The average molecular weight is 193 g/mol. The van der Waals surface area contributed by atoms with Gasteiger partial charge >= 0.3 is 10.1 Å². The summed E-state index contributed by atoms with van der Waals surface area (Å²) in [5, 5.41) is 0. The van der Waals surface area contributed by atoms with E-state index in [-0.39, 0.29) is 0 Å². The third-order valence-corrected chi connectivity index (χ3v) is 0.597. The molecule has 0 rings (SSSR count). The number of methoxy groups -OCH3 is 1. The number of carbonyl (C=O) groups excluding carboxylic acids is 1. The van der Waals surface area contributed by atoms with Gasteiger partial charge in [0.05, 0.1) is 7.11 Å². The number of ether oxygens (including phenoxy) is 2. The lowest BCUT2D eigenvalue weighted by Gasteiger charge is -2.09. The first-order valence-electron chi connectivity index (χ1n) is 1.79. The summed E-state index contributed by atoms with van der Waals surface area (Å²) < 4.78 is 6.00. The summed E-state index contributed by atoms with van der Waals surface area (Å²) in [5.41, 5.74) is 0. The molecule has 0 spiro atoms. The molecule has 0 aliphatic heterocycles. The van der Waals surface area contributed by atoms with Crippen LogP contribution in [0, 0.1) is 0 Å². The van der Waals surface area contributed by atoms with Crippen LogP contribution in [0.2, 0.25) is 0 Å². The van der Waals surface area contributed by atoms with Crippen LogP contribution in [-0.2, 0) is 9.47 Å². The first kappa shape index (κ1) is 9.14. The van der Waals surface area contributed by atoms with Crippen LogP contribution in [0.5, 0.6) is 0 Å². The van der Waals surface area contributed by atoms with Crippen molar-refractivity contribution in [3.63, 3.8) is 0 Å². The zero-order valence-corrected chi connectivity index (χ0v) is 6.63. The van der Waals surface area contributed by atoms with E-state index in [0.29, 0.717) is 0 Å². The van der Waals surface area contributed by atoms with Crippen molar-refractivity contribution in [2.24, 2.45) is 0 Å². The summed E-state index contributed by atoms with van der Waals surface area (Å²) in [6.07, 6.45) is -1.03. The molecule has 54 valence electrons. The minimum Gasteiger partial charge on any atom is -0.438 e. The quantitative estimate of drug-likeness (QED) is 0.436. The summed E-state index contributed by atoms with van der Waals surface area (Å²) in [6.45, 7) is 0. The van der Waals surface area contributed by atoms with Crippen LogP contribution in [0.15, 0.2) is 0 Å². The molecule has 0 heterocycles. The van der Waals surface area contributed by atoms with Gasteiger partial charge in [-0.25, -0.2) is 4.79 Å². The minimum atomic E-state index is -2.03. The van der Waals surface area contributed by atoms with E-state index in [9.17, 15) is 4.79 Å². The van der Waals surface area contributed by atoms with Gasteiger partial charge < -0.3 is 9.47 Å². The zero-order valence-electron chi connectivity index (χ0n) is 4.36. The second-order valence-corrected chi connectivity index (χ2v) is 3.18. The summed E-state index contributed by atoms with van der Waals surface area (Å²) in [6, 6.07) is 0. The molecule has 0 fully saturated rings. The maximum absolute atomic E-state index is 10.1. The van der Waals surface area contributed by atoms with Crippen LogP contribution in [0.25, 0.3) is 0 Å². The molecular formula is C3H3Cl3O3. The van der Waals surface area contributed by atoms with E-state index in [4.69, 9.17) is 34.8 Å². The van der Waals surface area contributed by atoms with Gasteiger partial charge in [0.15, 0.2) is 0 Å². The first-order valence-corrected chi connectivity index (χ1v) is 2.93. The van der Waals surface area contributed by atoms with Gasteiger partial charge in [0, 0.05) is 0 Å². The Bertz CT molecular complexity index is 107. The molecule has 6 heteroatoms. The Labute approximate surface area is 66.8 Å². The highest BCUT2D eigenvalue weighted by Gasteiger charge is 2.25. The van der Waals surface area contributed by atoms with Gasteiger partial charge in [-0.15, -0.1) is 0 Å². The van der Waals surface area contributed by atoms with Gasteiger partial charge in [0.25, 0.3) is 0 Å². The summed E-state index contributed by atoms with van der Waals surface area (Å²) >= 11 is 15.0. The van der Waals surface area contributed by atoms with Crippen LogP contribution in [0.3, 0.4) is 0 Å². The van der Waals surface area contributed by atoms with E-state index in [0.717, 1.165) is 7.11 Å². The molecule has 0 saturated heterocycles. The standard InChI is InChI=1S/C3H3Cl3O3/c1-8-2(7)9-3(4,5)6/h1H3. The summed E-state index contributed by atoms with van der Waals surface area (Å²) in [5.74, 6) is 0. The maximum atomic E-state index is 10.1. The zero-order chi connectivity index (χ0) is 7.49. The lowest BCUT2D eigenvalue weighted by Crippen LogP contribution is -2.15. The molecule has 0 bridgehead atoms. The Hall–Kier alpha value is 0.140. The van der Waals surface area contributed by atoms with Crippen molar-refractivity contribution in [2.75, 3.05) is 7.11 Å². The Morgan fingerprint density at radius 2 is 1.89 bits per heavy atom. The van der Waals surface area contributed by atoms with Crippen LogP contribution in [0.1, 0.15) is 0 Å². The first-order chi connectivity index (χ1) is 3.95. The number of hydrogen-bond donors (Lipinski definition) is 0. The van der Waals surface area contributed by atoms with Crippen molar-refractivity contribution in [3.8, 4) is 0 Å². The lowest BCUT2D eigenvalue weighted by atomic mass is 11.3.